The Balaban J connectivity index is 1.54. The molecule has 0 saturated carbocycles. The summed E-state index contributed by atoms with van der Waals surface area (Å²) in [4.78, 5) is 25.0. The van der Waals surface area contributed by atoms with Crippen LogP contribution in [0.1, 0.15) is 0 Å². The molecule has 0 radical (unpaired) electrons. The number of hydrogen-bond acceptors (Lipinski definition) is 5. The Morgan fingerprint density at radius 2 is 1.32 bits per heavy atom. The Bertz CT molecular complexity index is 1680. The normalized spacial score (nSPS) is 11.2. The summed E-state index contributed by atoms with van der Waals surface area (Å²) in [6.07, 6.45) is 1.67. The Kier molecular flexibility index (Phi) is 4.59. The van der Waals surface area contributed by atoms with E-state index in [4.69, 9.17) is 9.97 Å². The van der Waals surface area contributed by atoms with Crippen LogP contribution in [0, 0.1) is 10.1 Å². The molecule has 2 heterocycles. The molecule has 0 N–H and O–H groups in total. The monoisotopic (exact) mass is 443 g/mol. The highest BCUT2D eigenvalue weighted by Crippen LogP contribution is 2.32. The molecule has 0 atom stereocenters. The van der Waals surface area contributed by atoms with Crippen LogP contribution in [0.3, 0.4) is 0 Å². The molecule has 0 fully saturated rings. The summed E-state index contributed by atoms with van der Waals surface area (Å²) in [5, 5.41) is 11.1. The van der Waals surface area contributed by atoms with Crippen molar-refractivity contribution in [3.63, 3.8) is 0 Å². The summed E-state index contributed by atoms with van der Waals surface area (Å²) >= 11 is 0. The molecule has 7 heteroatoms. The highest BCUT2D eigenvalue weighted by Gasteiger charge is 2.15. The van der Waals surface area contributed by atoms with Crippen LogP contribution in [0.25, 0.3) is 50.3 Å². The van der Waals surface area contributed by atoms with Crippen molar-refractivity contribution in [2.24, 2.45) is 0 Å². The van der Waals surface area contributed by atoms with Gasteiger partial charge >= 0.3 is 0 Å². The summed E-state index contributed by atoms with van der Waals surface area (Å²) in [6, 6.07) is 30.6. The predicted octanol–water partition coefficient (Wildman–Crippen LogP) is 6.21. The standard InChI is InChI=1S/C27H17N5O2/c33-32(34)21-12-14-25-24(16-21)28-17-31(25)20-11-13-22-23(15-20)30-27(19-9-5-2-6-10-19)26(29-22)18-7-3-1-4-8-18/h1-17H. The average Bonchev–Trinajstić information content (AvgIpc) is 3.32. The lowest BCUT2D eigenvalue weighted by Gasteiger charge is -2.12. The highest BCUT2D eigenvalue weighted by molar-refractivity contribution is 5.88. The number of fused-ring (bicyclic) bond motifs is 2. The second-order valence-electron chi connectivity index (χ2n) is 7.87. The van der Waals surface area contributed by atoms with Gasteiger partial charge in [0.2, 0.25) is 0 Å². The molecule has 0 spiro atoms. The summed E-state index contributed by atoms with van der Waals surface area (Å²) < 4.78 is 1.90. The van der Waals surface area contributed by atoms with Gasteiger partial charge in [-0.1, -0.05) is 60.7 Å². The van der Waals surface area contributed by atoms with Crippen molar-refractivity contribution >= 4 is 27.8 Å². The van der Waals surface area contributed by atoms with Crippen LogP contribution in [-0.4, -0.2) is 24.4 Å². The predicted molar refractivity (Wildman–Crippen MR) is 132 cm³/mol. The first-order chi connectivity index (χ1) is 16.7. The molecule has 0 aliphatic rings. The molecule has 0 aliphatic carbocycles. The fraction of sp³-hybridized carbons (Fsp3) is 0. The lowest BCUT2D eigenvalue weighted by Crippen LogP contribution is -1.98. The Hall–Kier alpha value is -4.91. The van der Waals surface area contributed by atoms with E-state index in [-0.39, 0.29) is 5.69 Å². The number of non-ortho nitro benzene ring substituents is 1. The fourth-order valence-corrected chi connectivity index (χ4v) is 4.11. The molecule has 4 aromatic carbocycles. The molecule has 6 aromatic rings. The Morgan fingerprint density at radius 1 is 0.676 bits per heavy atom. The third-order valence-corrected chi connectivity index (χ3v) is 5.76. The molecule has 7 nitrogen and oxygen atoms in total. The molecule has 0 aliphatic heterocycles. The summed E-state index contributed by atoms with van der Waals surface area (Å²) in [5.41, 5.74) is 7.36. The van der Waals surface area contributed by atoms with E-state index in [1.807, 2.05) is 83.4 Å². The van der Waals surface area contributed by atoms with Crippen LogP contribution in [-0.2, 0) is 0 Å². The van der Waals surface area contributed by atoms with Crippen LogP contribution >= 0.6 is 0 Å². The minimum Gasteiger partial charge on any atom is -0.299 e. The maximum Gasteiger partial charge on any atom is 0.271 e. The molecule has 2 aromatic heterocycles. The molecule has 0 unspecified atom stereocenters. The molecular weight excluding hydrogens is 426 g/mol. The van der Waals surface area contributed by atoms with Gasteiger partial charge in [-0.3, -0.25) is 14.7 Å². The van der Waals surface area contributed by atoms with Gasteiger partial charge in [0.05, 0.1) is 38.4 Å². The van der Waals surface area contributed by atoms with Crippen molar-refractivity contribution in [1.29, 1.82) is 0 Å². The molecular formula is C27H17N5O2. The van der Waals surface area contributed by atoms with Crippen LogP contribution in [0.4, 0.5) is 5.69 Å². The van der Waals surface area contributed by atoms with E-state index in [0.29, 0.717) is 5.52 Å². The smallest absolute Gasteiger partial charge is 0.271 e. The van der Waals surface area contributed by atoms with Gasteiger partial charge in [-0.2, -0.15) is 0 Å². The number of nitro benzene ring substituents is 1. The van der Waals surface area contributed by atoms with E-state index in [1.54, 1.807) is 12.4 Å². The van der Waals surface area contributed by atoms with Gasteiger partial charge in [0, 0.05) is 28.9 Å². The zero-order valence-corrected chi connectivity index (χ0v) is 17.9. The maximum absolute atomic E-state index is 11.1. The minimum absolute atomic E-state index is 0.0167. The molecule has 162 valence electrons. The Morgan fingerprint density at radius 3 is 1.97 bits per heavy atom. The zero-order valence-electron chi connectivity index (χ0n) is 17.9. The number of hydrogen-bond donors (Lipinski definition) is 0. The number of imidazole rings is 1. The molecule has 34 heavy (non-hydrogen) atoms. The summed E-state index contributed by atoms with van der Waals surface area (Å²) in [6.45, 7) is 0. The van der Waals surface area contributed by atoms with Crippen molar-refractivity contribution in [2.45, 2.75) is 0 Å². The van der Waals surface area contributed by atoms with Crippen molar-refractivity contribution < 1.29 is 4.92 Å². The average molecular weight is 443 g/mol. The van der Waals surface area contributed by atoms with E-state index >= 15 is 0 Å². The van der Waals surface area contributed by atoms with Crippen molar-refractivity contribution in [3.8, 4) is 28.2 Å². The largest absolute Gasteiger partial charge is 0.299 e. The van der Waals surface area contributed by atoms with Crippen molar-refractivity contribution in [2.75, 3.05) is 0 Å². The van der Waals surface area contributed by atoms with Crippen LogP contribution in [0.2, 0.25) is 0 Å². The first kappa shape index (κ1) is 19.8. The topological polar surface area (TPSA) is 86.7 Å². The van der Waals surface area contributed by atoms with E-state index in [0.717, 1.165) is 44.8 Å². The first-order valence-electron chi connectivity index (χ1n) is 10.7. The minimum atomic E-state index is -0.417. The lowest BCUT2D eigenvalue weighted by atomic mass is 10.0. The van der Waals surface area contributed by atoms with Gasteiger partial charge in [0.1, 0.15) is 6.33 Å². The van der Waals surface area contributed by atoms with Gasteiger partial charge in [-0.05, 0) is 24.3 Å². The van der Waals surface area contributed by atoms with Crippen molar-refractivity contribution in [3.05, 3.63) is 114 Å². The quantitative estimate of drug-likeness (QED) is 0.239. The van der Waals surface area contributed by atoms with Crippen LogP contribution in [0.5, 0.6) is 0 Å². The number of rotatable bonds is 4. The number of nitrogens with zero attached hydrogens (tertiary/aromatic N) is 5. The van der Waals surface area contributed by atoms with E-state index < -0.39 is 4.92 Å². The van der Waals surface area contributed by atoms with Crippen molar-refractivity contribution in [1.82, 2.24) is 19.5 Å². The third-order valence-electron chi connectivity index (χ3n) is 5.76. The van der Waals surface area contributed by atoms with Gasteiger partial charge in [-0.25, -0.2) is 15.0 Å². The fourth-order valence-electron chi connectivity index (χ4n) is 4.11. The van der Waals surface area contributed by atoms with Crippen LogP contribution in [0.15, 0.2) is 103 Å². The highest BCUT2D eigenvalue weighted by atomic mass is 16.6. The second kappa shape index (κ2) is 7.90. The lowest BCUT2D eigenvalue weighted by molar-refractivity contribution is -0.384. The van der Waals surface area contributed by atoms with Crippen LogP contribution < -0.4 is 0 Å². The number of benzene rings is 4. The van der Waals surface area contributed by atoms with E-state index in [1.165, 1.54) is 12.1 Å². The summed E-state index contributed by atoms with van der Waals surface area (Å²) in [5.74, 6) is 0. The first-order valence-corrected chi connectivity index (χ1v) is 10.7. The van der Waals surface area contributed by atoms with Gasteiger partial charge in [0.25, 0.3) is 5.69 Å². The molecule has 0 bridgehead atoms. The third kappa shape index (κ3) is 3.36. The number of nitro groups is 1. The SMILES string of the molecule is O=[N+]([O-])c1ccc2c(c1)ncn2-c1ccc2nc(-c3ccccc3)c(-c3ccccc3)nc2c1. The Labute approximate surface area is 194 Å². The molecule has 0 amide bonds. The maximum atomic E-state index is 11.1. The number of aromatic nitrogens is 4. The van der Waals surface area contributed by atoms with Gasteiger partial charge < -0.3 is 0 Å². The van der Waals surface area contributed by atoms with E-state index in [2.05, 4.69) is 4.98 Å². The zero-order chi connectivity index (χ0) is 23.1. The molecule has 6 rings (SSSR count). The summed E-state index contributed by atoms with van der Waals surface area (Å²) in [7, 11) is 0. The molecule has 0 saturated heterocycles. The van der Waals surface area contributed by atoms with Gasteiger partial charge in [0.15, 0.2) is 0 Å². The van der Waals surface area contributed by atoms with E-state index in [9.17, 15) is 10.1 Å². The van der Waals surface area contributed by atoms with Gasteiger partial charge in [-0.15, -0.1) is 0 Å². The second-order valence-corrected chi connectivity index (χ2v) is 7.87.